The first-order valence-electron chi connectivity index (χ1n) is 4.44. The molecule has 1 rings (SSSR count). The van der Waals surface area contributed by atoms with Crippen molar-refractivity contribution in [2.75, 3.05) is 13.2 Å². The molecule has 0 bridgehead atoms. The number of ether oxygens (including phenoxy) is 1. The minimum Gasteiger partial charge on any atom is -0.380 e. The van der Waals surface area contributed by atoms with Crippen LogP contribution in [0.15, 0.2) is 0 Å². The van der Waals surface area contributed by atoms with Gasteiger partial charge in [0.05, 0.1) is 13.2 Å². The third-order valence-electron chi connectivity index (χ3n) is 3.21. The number of hydrogen-bond donors (Lipinski definition) is 0. The van der Waals surface area contributed by atoms with Gasteiger partial charge in [-0.25, -0.2) is 0 Å². The molecule has 1 saturated heterocycles. The Balaban J connectivity index is 2.60. The molecule has 0 aromatic heterocycles. The van der Waals surface area contributed by atoms with Crippen LogP contribution in [-0.2, 0) is 4.74 Å². The Hall–Kier alpha value is -0.0400. The van der Waals surface area contributed by atoms with Crippen molar-refractivity contribution in [3.8, 4) is 0 Å². The predicted molar refractivity (Wildman–Crippen MR) is 47.5 cm³/mol. The lowest BCUT2D eigenvalue weighted by molar-refractivity contribution is -0.151. The van der Waals surface area contributed by atoms with Crippen molar-refractivity contribution in [1.82, 2.24) is 0 Å². The van der Waals surface area contributed by atoms with Crippen molar-refractivity contribution in [2.45, 2.75) is 34.6 Å². The average molecular weight is 156 g/mol. The molecule has 0 aliphatic carbocycles. The van der Waals surface area contributed by atoms with E-state index in [-0.39, 0.29) is 0 Å². The van der Waals surface area contributed by atoms with Crippen molar-refractivity contribution >= 4 is 0 Å². The second-order valence-corrected chi connectivity index (χ2v) is 5.23. The Morgan fingerprint density at radius 2 is 1.73 bits per heavy atom. The second kappa shape index (κ2) is 2.48. The molecular weight excluding hydrogens is 136 g/mol. The first kappa shape index (κ1) is 9.05. The maximum atomic E-state index is 5.25. The zero-order chi connectivity index (χ0) is 8.70. The fraction of sp³-hybridized carbons (Fsp3) is 1.00. The molecule has 0 amide bonds. The summed E-state index contributed by atoms with van der Waals surface area (Å²) in [4.78, 5) is 0. The van der Waals surface area contributed by atoms with Crippen LogP contribution in [0, 0.1) is 16.7 Å². The highest BCUT2D eigenvalue weighted by atomic mass is 16.5. The van der Waals surface area contributed by atoms with Gasteiger partial charge in [0.2, 0.25) is 0 Å². The molecule has 66 valence electrons. The van der Waals surface area contributed by atoms with Gasteiger partial charge in [0.1, 0.15) is 0 Å². The van der Waals surface area contributed by atoms with Crippen molar-refractivity contribution in [1.29, 1.82) is 0 Å². The summed E-state index contributed by atoms with van der Waals surface area (Å²) in [5.41, 5.74) is 0.858. The van der Waals surface area contributed by atoms with E-state index in [1.54, 1.807) is 0 Å². The van der Waals surface area contributed by atoms with Crippen LogP contribution in [0.1, 0.15) is 34.6 Å². The van der Waals surface area contributed by atoms with Crippen molar-refractivity contribution in [3.63, 3.8) is 0 Å². The molecule has 0 N–H and O–H groups in total. The first-order valence-corrected chi connectivity index (χ1v) is 4.44. The molecule has 1 aliphatic rings. The van der Waals surface area contributed by atoms with Gasteiger partial charge in [0.25, 0.3) is 0 Å². The summed E-state index contributed by atoms with van der Waals surface area (Å²) in [6.07, 6.45) is 0. The fourth-order valence-electron chi connectivity index (χ4n) is 1.72. The van der Waals surface area contributed by atoms with Crippen LogP contribution in [0.2, 0.25) is 0 Å². The van der Waals surface area contributed by atoms with Gasteiger partial charge in [0.15, 0.2) is 0 Å². The van der Waals surface area contributed by atoms with E-state index in [4.69, 9.17) is 4.74 Å². The molecule has 1 unspecified atom stereocenters. The number of hydrogen-bond acceptors (Lipinski definition) is 1. The highest BCUT2D eigenvalue weighted by molar-refractivity contribution is 4.90. The quantitative estimate of drug-likeness (QED) is 0.567. The zero-order valence-electron chi connectivity index (χ0n) is 8.40. The standard InChI is InChI=1S/C10H20O/c1-8(9(2,3)4)10(5)6-11-7-10/h8H,6-7H2,1-5H3. The van der Waals surface area contributed by atoms with Gasteiger partial charge in [-0.2, -0.15) is 0 Å². The van der Waals surface area contributed by atoms with E-state index in [9.17, 15) is 0 Å². The summed E-state index contributed by atoms with van der Waals surface area (Å²) in [6.45, 7) is 13.5. The molecule has 1 aliphatic heterocycles. The Labute approximate surface area is 70.1 Å². The summed E-state index contributed by atoms with van der Waals surface area (Å²) in [6, 6.07) is 0. The van der Waals surface area contributed by atoms with E-state index in [0.717, 1.165) is 19.1 Å². The van der Waals surface area contributed by atoms with Crippen molar-refractivity contribution < 1.29 is 4.74 Å². The van der Waals surface area contributed by atoms with Crippen LogP contribution < -0.4 is 0 Å². The topological polar surface area (TPSA) is 9.23 Å². The van der Waals surface area contributed by atoms with Gasteiger partial charge in [0, 0.05) is 5.41 Å². The smallest absolute Gasteiger partial charge is 0.0544 e. The lowest BCUT2D eigenvalue weighted by atomic mass is 9.65. The first-order chi connectivity index (χ1) is 4.86. The monoisotopic (exact) mass is 156 g/mol. The summed E-state index contributed by atoms with van der Waals surface area (Å²) in [7, 11) is 0. The lowest BCUT2D eigenvalue weighted by Crippen LogP contribution is -2.49. The lowest BCUT2D eigenvalue weighted by Gasteiger charge is -2.48. The van der Waals surface area contributed by atoms with Crippen LogP contribution >= 0.6 is 0 Å². The van der Waals surface area contributed by atoms with Crippen LogP contribution in [0.4, 0.5) is 0 Å². The van der Waals surface area contributed by atoms with E-state index in [0.29, 0.717) is 10.8 Å². The molecule has 0 spiro atoms. The van der Waals surface area contributed by atoms with Gasteiger partial charge >= 0.3 is 0 Å². The maximum Gasteiger partial charge on any atom is 0.0544 e. The SMILES string of the molecule is CC(C(C)(C)C)C1(C)COC1. The Kier molecular flexibility index (Phi) is 2.04. The highest BCUT2D eigenvalue weighted by Gasteiger charge is 2.43. The maximum absolute atomic E-state index is 5.25. The largest absolute Gasteiger partial charge is 0.380 e. The fourth-order valence-corrected chi connectivity index (χ4v) is 1.72. The Bertz CT molecular complexity index is 139. The Morgan fingerprint density at radius 3 is 1.82 bits per heavy atom. The van der Waals surface area contributed by atoms with Crippen LogP contribution in [-0.4, -0.2) is 13.2 Å². The van der Waals surface area contributed by atoms with Crippen LogP contribution in [0.3, 0.4) is 0 Å². The minimum atomic E-state index is 0.415. The van der Waals surface area contributed by atoms with E-state index in [2.05, 4.69) is 34.6 Å². The molecule has 0 aromatic rings. The molecule has 1 heteroatoms. The zero-order valence-corrected chi connectivity index (χ0v) is 8.40. The van der Waals surface area contributed by atoms with E-state index < -0.39 is 0 Å². The molecule has 1 atom stereocenters. The second-order valence-electron chi connectivity index (χ2n) is 5.23. The Morgan fingerprint density at radius 1 is 1.27 bits per heavy atom. The van der Waals surface area contributed by atoms with Gasteiger partial charge in [-0.05, 0) is 11.3 Å². The van der Waals surface area contributed by atoms with E-state index in [1.807, 2.05) is 0 Å². The summed E-state index contributed by atoms with van der Waals surface area (Å²) >= 11 is 0. The average Bonchev–Trinajstić information content (AvgIpc) is 1.79. The van der Waals surface area contributed by atoms with Crippen LogP contribution in [0.25, 0.3) is 0 Å². The minimum absolute atomic E-state index is 0.415. The molecule has 0 radical (unpaired) electrons. The summed E-state index contributed by atoms with van der Waals surface area (Å²) in [5.74, 6) is 0.740. The molecule has 11 heavy (non-hydrogen) atoms. The molecule has 0 aromatic carbocycles. The van der Waals surface area contributed by atoms with E-state index >= 15 is 0 Å². The molecule has 1 fully saturated rings. The predicted octanol–water partition coefficient (Wildman–Crippen LogP) is 2.71. The highest BCUT2D eigenvalue weighted by Crippen LogP contribution is 2.44. The third kappa shape index (κ3) is 1.58. The summed E-state index contributed by atoms with van der Waals surface area (Å²) in [5, 5.41) is 0. The van der Waals surface area contributed by atoms with E-state index in [1.165, 1.54) is 0 Å². The van der Waals surface area contributed by atoms with Crippen molar-refractivity contribution in [2.24, 2.45) is 16.7 Å². The van der Waals surface area contributed by atoms with Gasteiger partial charge < -0.3 is 4.74 Å². The molecule has 1 nitrogen and oxygen atoms in total. The van der Waals surface area contributed by atoms with Crippen molar-refractivity contribution in [3.05, 3.63) is 0 Å². The normalized spacial score (nSPS) is 25.9. The van der Waals surface area contributed by atoms with Gasteiger partial charge in [-0.15, -0.1) is 0 Å². The van der Waals surface area contributed by atoms with Gasteiger partial charge in [-0.3, -0.25) is 0 Å². The molecule has 1 heterocycles. The van der Waals surface area contributed by atoms with Crippen LogP contribution in [0.5, 0.6) is 0 Å². The van der Waals surface area contributed by atoms with Gasteiger partial charge in [-0.1, -0.05) is 34.6 Å². The number of rotatable bonds is 1. The summed E-state index contributed by atoms with van der Waals surface area (Å²) < 4.78 is 5.25. The third-order valence-corrected chi connectivity index (χ3v) is 3.21. The molecule has 0 saturated carbocycles. The molecular formula is C10H20O.